The first-order valence-electron chi connectivity index (χ1n) is 11.5. The van der Waals surface area contributed by atoms with E-state index in [1.807, 2.05) is 24.3 Å². The number of esters is 1. The summed E-state index contributed by atoms with van der Waals surface area (Å²) in [5.74, 6) is 2.88. The quantitative estimate of drug-likeness (QED) is 0.456. The van der Waals surface area contributed by atoms with Crippen LogP contribution in [-0.2, 0) is 16.0 Å². The Balaban J connectivity index is 1.24. The van der Waals surface area contributed by atoms with E-state index in [4.69, 9.17) is 9.47 Å². The van der Waals surface area contributed by atoms with Crippen molar-refractivity contribution in [2.24, 2.45) is 23.2 Å². The van der Waals surface area contributed by atoms with Crippen LogP contribution in [0.4, 0.5) is 0 Å². The van der Waals surface area contributed by atoms with E-state index < -0.39 is 0 Å². The zero-order chi connectivity index (χ0) is 21.4. The van der Waals surface area contributed by atoms with E-state index in [9.17, 15) is 9.59 Å². The molecule has 4 aliphatic rings. The minimum atomic E-state index is -0.229. The Bertz CT molecular complexity index is 940. The summed E-state index contributed by atoms with van der Waals surface area (Å²) in [4.78, 5) is 26.1. The lowest BCUT2D eigenvalue weighted by Crippen LogP contribution is -2.50. The van der Waals surface area contributed by atoms with Crippen molar-refractivity contribution < 1.29 is 19.1 Å². The molecule has 0 radical (unpaired) electrons. The van der Waals surface area contributed by atoms with Crippen molar-refractivity contribution >= 4 is 11.8 Å². The fourth-order valence-electron chi connectivity index (χ4n) is 6.63. The molecule has 4 nitrogen and oxygen atoms in total. The molecule has 0 N–H and O–H groups in total. The summed E-state index contributed by atoms with van der Waals surface area (Å²) >= 11 is 0. The number of ketones is 1. The van der Waals surface area contributed by atoms with Crippen molar-refractivity contribution in [3.05, 3.63) is 65.2 Å². The van der Waals surface area contributed by atoms with Crippen LogP contribution in [0.3, 0.4) is 0 Å². The van der Waals surface area contributed by atoms with Crippen molar-refractivity contribution in [1.29, 1.82) is 0 Å². The number of carbonyl (C=O) groups is 2. The summed E-state index contributed by atoms with van der Waals surface area (Å²) in [5, 5.41) is 0. The average molecular weight is 419 g/mol. The van der Waals surface area contributed by atoms with E-state index in [1.165, 1.54) is 19.3 Å². The van der Waals surface area contributed by atoms with E-state index >= 15 is 0 Å². The van der Waals surface area contributed by atoms with Gasteiger partial charge in [-0.3, -0.25) is 9.59 Å². The Morgan fingerprint density at radius 1 is 0.903 bits per heavy atom. The van der Waals surface area contributed by atoms with Gasteiger partial charge < -0.3 is 9.47 Å². The third-order valence-electron chi connectivity index (χ3n) is 7.69. The first-order chi connectivity index (χ1) is 15.1. The molecule has 0 unspecified atom stereocenters. The summed E-state index contributed by atoms with van der Waals surface area (Å²) in [6.45, 7) is 0.327. The van der Waals surface area contributed by atoms with Gasteiger partial charge in [-0.2, -0.15) is 0 Å². The zero-order valence-corrected chi connectivity index (χ0v) is 18.1. The van der Waals surface area contributed by atoms with Crippen molar-refractivity contribution in [3.8, 4) is 5.75 Å². The number of rotatable bonds is 7. The number of hydrogen-bond donors (Lipinski definition) is 0. The number of hydrogen-bond acceptors (Lipinski definition) is 4. The fraction of sp³-hybridized carbons (Fsp3) is 0.481. The predicted molar refractivity (Wildman–Crippen MR) is 118 cm³/mol. The smallest absolute Gasteiger partial charge is 0.312 e. The fourth-order valence-corrected chi connectivity index (χ4v) is 6.63. The van der Waals surface area contributed by atoms with Gasteiger partial charge in [-0.25, -0.2) is 0 Å². The Labute approximate surface area is 183 Å². The second kappa shape index (κ2) is 8.14. The Kier molecular flexibility index (Phi) is 5.33. The van der Waals surface area contributed by atoms with Gasteiger partial charge in [-0.1, -0.05) is 24.3 Å². The van der Waals surface area contributed by atoms with Gasteiger partial charge in [0.25, 0.3) is 0 Å². The normalized spacial score (nSPS) is 28.4. The van der Waals surface area contributed by atoms with Crippen LogP contribution in [0.5, 0.6) is 5.75 Å². The molecule has 2 aromatic carbocycles. The number of benzene rings is 2. The molecule has 4 aliphatic carbocycles. The Hall–Kier alpha value is -2.62. The monoisotopic (exact) mass is 418 g/mol. The zero-order valence-electron chi connectivity index (χ0n) is 18.1. The molecule has 0 aromatic heterocycles. The lowest BCUT2D eigenvalue weighted by atomic mass is 9.49. The summed E-state index contributed by atoms with van der Waals surface area (Å²) in [6, 6.07) is 14.8. The standard InChI is InChI=1S/C27H30O4/c1-30-23-8-6-22(7-9-23)25(28)24-5-3-2-4-21(24)10-11-31-26(29)27-15-18-12-19(16-27)14-20(13-18)17-27/h2-9,18-20H,10-17H2,1H3. The van der Waals surface area contributed by atoms with Crippen molar-refractivity contribution in [1.82, 2.24) is 0 Å². The lowest BCUT2D eigenvalue weighted by molar-refractivity contribution is -0.171. The third kappa shape index (κ3) is 3.88. The first-order valence-corrected chi connectivity index (χ1v) is 11.5. The molecule has 4 bridgehead atoms. The van der Waals surface area contributed by atoms with E-state index in [1.54, 1.807) is 31.4 Å². The molecule has 4 fully saturated rings. The number of ether oxygens (including phenoxy) is 2. The summed E-state index contributed by atoms with van der Waals surface area (Å²) in [7, 11) is 1.61. The Morgan fingerprint density at radius 2 is 1.52 bits per heavy atom. The van der Waals surface area contributed by atoms with E-state index in [0.29, 0.717) is 24.2 Å². The van der Waals surface area contributed by atoms with Gasteiger partial charge in [0.05, 0.1) is 19.1 Å². The second-order valence-electron chi connectivity index (χ2n) is 9.80. The first kappa shape index (κ1) is 20.3. The summed E-state index contributed by atoms with van der Waals surface area (Å²) in [5.41, 5.74) is 1.98. The maximum absolute atomic E-state index is 13.1. The van der Waals surface area contributed by atoms with Crippen molar-refractivity contribution in [2.75, 3.05) is 13.7 Å². The molecule has 0 spiro atoms. The highest BCUT2D eigenvalue weighted by Gasteiger charge is 2.55. The molecule has 0 atom stereocenters. The van der Waals surface area contributed by atoms with Crippen LogP contribution in [0, 0.1) is 23.2 Å². The summed E-state index contributed by atoms with van der Waals surface area (Å²) < 4.78 is 11.0. The largest absolute Gasteiger partial charge is 0.497 e. The molecule has 0 heterocycles. The summed E-state index contributed by atoms with van der Waals surface area (Å²) in [6.07, 6.45) is 7.55. The number of carbonyl (C=O) groups excluding carboxylic acids is 2. The molecular weight excluding hydrogens is 388 g/mol. The highest BCUT2D eigenvalue weighted by molar-refractivity contribution is 6.10. The van der Waals surface area contributed by atoms with Crippen LogP contribution in [0.2, 0.25) is 0 Å². The molecule has 4 heteroatoms. The van der Waals surface area contributed by atoms with Crippen molar-refractivity contribution in [3.63, 3.8) is 0 Å². The van der Waals surface area contributed by atoms with Crippen LogP contribution in [0.15, 0.2) is 48.5 Å². The molecule has 4 saturated carbocycles. The minimum Gasteiger partial charge on any atom is -0.497 e. The Morgan fingerprint density at radius 3 is 2.13 bits per heavy atom. The molecular formula is C27H30O4. The van der Waals surface area contributed by atoms with Gasteiger partial charge in [0.1, 0.15) is 5.75 Å². The second-order valence-corrected chi connectivity index (χ2v) is 9.80. The van der Waals surface area contributed by atoms with Gasteiger partial charge in [-0.15, -0.1) is 0 Å². The molecule has 0 amide bonds. The minimum absolute atomic E-state index is 0.00515. The topological polar surface area (TPSA) is 52.6 Å². The van der Waals surface area contributed by atoms with E-state index in [2.05, 4.69) is 0 Å². The van der Waals surface area contributed by atoms with E-state index in [0.717, 1.165) is 48.3 Å². The van der Waals surface area contributed by atoms with Gasteiger partial charge in [-0.05, 0) is 86.1 Å². The van der Waals surface area contributed by atoms with Crippen LogP contribution >= 0.6 is 0 Å². The van der Waals surface area contributed by atoms with Gasteiger partial charge >= 0.3 is 5.97 Å². The van der Waals surface area contributed by atoms with Crippen LogP contribution in [-0.4, -0.2) is 25.5 Å². The molecule has 6 rings (SSSR count). The highest BCUT2D eigenvalue weighted by atomic mass is 16.5. The maximum Gasteiger partial charge on any atom is 0.312 e. The molecule has 0 aliphatic heterocycles. The molecule has 0 saturated heterocycles. The van der Waals surface area contributed by atoms with E-state index in [-0.39, 0.29) is 17.2 Å². The lowest BCUT2D eigenvalue weighted by Gasteiger charge is -2.55. The molecule has 31 heavy (non-hydrogen) atoms. The predicted octanol–water partition coefficient (Wildman–Crippen LogP) is 5.23. The maximum atomic E-state index is 13.1. The van der Waals surface area contributed by atoms with Gasteiger partial charge in [0.15, 0.2) is 5.78 Å². The van der Waals surface area contributed by atoms with Crippen LogP contribution in [0.25, 0.3) is 0 Å². The van der Waals surface area contributed by atoms with Gasteiger partial charge in [0, 0.05) is 17.5 Å². The van der Waals surface area contributed by atoms with Crippen LogP contribution < -0.4 is 4.74 Å². The molecule has 162 valence electrons. The SMILES string of the molecule is COc1ccc(C(=O)c2ccccc2CCOC(=O)C23CC4CC(CC(C4)C2)C3)cc1. The molecule has 2 aromatic rings. The van der Waals surface area contributed by atoms with Crippen LogP contribution in [0.1, 0.15) is 60.0 Å². The highest BCUT2D eigenvalue weighted by Crippen LogP contribution is 2.60. The third-order valence-corrected chi connectivity index (χ3v) is 7.69. The van der Waals surface area contributed by atoms with Crippen molar-refractivity contribution in [2.45, 2.75) is 44.9 Å². The number of methoxy groups -OCH3 is 1. The van der Waals surface area contributed by atoms with Gasteiger partial charge in [0.2, 0.25) is 0 Å². The average Bonchev–Trinajstić information content (AvgIpc) is 2.78.